The number of hydrogen-bond donors (Lipinski definition) is 0. The minimum Gasteiger partial charge on any atom is -0.308 e. The first-order valence-corrected chi connectivity index (χ1v) is 19.6. The van der Waals surface area contributed by atoms with E-state index in [4.69, 9.17) is 0 Å². The molecule has 3 heteroatoms. The molecule has 11 rings (SSSR count). The van der Waals surface area contributed by atoms with Crippen molar-refractivity contribution in [1.29, 1.82) is 0 Å². The normalized spacial score (nSPS) is 11.8. The number of anilines is 3. The average Bonchev–Trinajstić information content (AvgIpc) is 3.80. The SMILES string of the molecule is c1ccc(-c2cccc3c2sc2c(N(c4ccc5cc(-c6ccc7sc8ccccc8c7c6)ccc5c4)c4cccc5ccccc45)cccc23)cc1. The lowest BCUT2D eigenvalue weighted by atomic mass is 9.99. The van der Waals surface area contributed by atoms with Crippen LogP contribution in [0.15, 0.2) is 188 Å². The van der Waals surface area contributed by atoms with Gasteiger partial charge in [-0.25, -0.2) is 0 Å². The van der Waals surface area contributed by atoms with E-state index in [-0.39, 0.29) is 0 Å². The van der Waals surface area contributed by atoms with E-state index >= 15 is 0 Å². The van der Waals surface area contributed by atoms with Crippen molar-refractivity contribution in [1.82, 2.24) is 0 Å². The fourth-order valence-electron chi connectivity index (χ4n) is 8.10. The highest BCUT2D eigenvalue weighted by atomic mass is 32.1. The first-order valence-electron chi connectivity index (χ1n) is 18.0. The summed E-state index contributed by atoms with van der Waals surface area (Å²) in [6.07, 6.45) is 0. The molecule has 248 valence electrons. The van der Waals surface area contributed by atoms with Crippen LogP contribution in [0.1, 0.15) is 0 Å². The molecule has 0 radical (unpaired) electrons. The fraction of sp³-hybridized carbons (Fsp3) is 0. The van der Waals surface area contributed by atoms with Crippen LogP contribution >= 0.6 is 22.7 Å². The Morgan fingerprint density at radius 3 is 1.89 bits per heavy atom. The summed E-state index contributed by atoms with van der Waals surface area (Å²) in [7, 11) is 0. The molecule has 0 atom stereocenters. The van der Waals surface area contributed by atoms with Gasteiger partial charge >= 0.3 is 0 Å². The van der Waals surface area contributed by atoms with Gasteiger partial charge in [-0.3, -0.25) is 0 Å². The summed E-state index contributed by atoms with van der Waals surface area (Å²) in [6, 6.07) is 69.2. The summed E-state index contributed by atoms with van der Waals surface area (Å²) in [6.45, 7) is 0. The van der Waals surface area contributed by atoms with Crippen molar-refractivity contribution in [3.8, 4) is 22.3 Å². The second-order valence-electron chi connectivity index (χ2n) is 13.7. The van der Waals surface area contributed by atoms with Gasteiger partial charge in [0.2, 0.25) is 0 Å². The van der Waals surface area contributed by atoms with Gasteiger partial charge in [-0.1, -0.05) is 140 Å². The Kier molecular flexibility index (Phi) is 6.97. The first kappa shape index (κ1) is 30.4. The lowest BCUT2D eigenvalue weighted by molar-refractivity contribution is 1.32. The first-order chi connectivity index (χ1) is 26.3. The molecule has 0 unspecified atom stereocenters. The van der Waals surface area contributed by atoms with Crippen LogP contribution in [0, 0.1) is 0 Å². The maximum Gasteiger partial charge on any atom is 0.0640 e. The van der Waals surface area contributed by atoms with Gasteiger partial charge in [-0.05, 0) is 86.9 Å². The molecule has 9 aromatic carbocycles. The van der Waals surface area contributed by atoms with E-state index in [1.807, 2.05) is 22.7 Å². The molecule has 0 aliphatic carbocycles. The maximum absolute atomic E-state index is 2.48. The molecule has 2 heterocycles. The molecule has 1 nitrogen and oxygen atoms in total. The van der Waals surface area contributed by atoms with Crippen LogP contribution in [0.4, 0.5) is 17.1 Å². The van der Waals surface area contributed by atoms with E-state index in [2.05, 4.69) is 193 Å². The number of fused-ring (bicyclic) bond motifs is 8. The summed E-state index contributed by atoms with van der Waals surface area (Å²) < 4.78 is 5.27. The van der Waals surface area contributed by atoms with Gasteiger partial charge in [0.05, 0.1) is 16.1 Å². The topological polar surface area (TPSA) is 3.24 Å². The van der Waals surface area contributed by atoms with Crippen molar-refractivity contribution in [2.24, 2.45) is 0 Å². The summed E-state index contributed by atoms with van der Waals surface area (Å²) in [5, 5.41) is 10.1. The van der Waals surface area contributed by atoms with Crippen LogP contribution in [0.3, 0.4) is 0 Å². The van der Waals surface area contributed by atoms with Crippen molar-refractivity contribution in [3.05, 3.63) is 188 Å². The van der Waals surface area contributed by atoms with E-state index in [9.17, 15) is 0 Å². The fourth-order valence-corrected chi connectivity index (χ4v) is 10.5. The highest BCUT2D eigenvalue weighted by molar-refractivity contribution is 7.27. The predicted molar refractivity (Wildman–Crippen MR) is 233 cm³/mol. The van der Waals surface area contributed by atoms with Gasteiger partial charge < -0.3 is 4.90 Å². The Bertz CT molecular complexity index is 3180. The van der Waals surface area contributed by atoms with E-state index in [0.29, 0.717) is 0 Å². The van der Waals surface area contributed by atoms with Crippen molar-refractivity contribution in [3.63, 3.8) is 0 Å². The molecule has 0 fully saturated rings. The molecular weight excluding hydrogens is 679 g/mol. The van der Waals surface area contributed by atoms with Crippen molar-refractivity contribution >= 4 is 102 Å². The minimum absolute atomic E-state index is 1.14. The lowest BCUT2D eigenvalue weighted by Gasteiger charge is -2.27. The predicted octanol–water partition coefficient (Wildman–Crippen LogP) is 15.5. The van der Waals surface area contributed by atoms with Crippen LogP contribution in [0.2, 0.25) is 0 Å². The van der Waals surface area contributed by atoms with Gasteiger partial charge in [0.15, 0.2) is 0 Å². The number of rotatable bonds is 5. The van der Waals surface area contributed by atoms with Crippen molar-refractivity contribution < 1.29 is 0 Å². The van der Waals surface area contributed by atoms with E-state index in [1.165, 1.54) is 95.5 Å². The van der Waals surface area contributed by atoms with E-state index in [1.54, 1.807) is 0 Å². The Morgan fingerprint density at radius 2 is 0.962 bits per heavy atom. The molecule has 0 saturated heterocycles. The molecule has 11 aromatic rings. The van der Waals surface area contributed by atoms with Gasteiger partial charge in [0, 0.05) is 46.7 Å². The Hall–Kier alpha value is -6.26. The molecule has 0 aliphatic heterocycles. The van der Waals surface area contributed by atoms with Crippen molar-refractivity contribution in [2.45, 2.75) is 0 Å². The molecule has 0 saturated carbocycles. The van der Waals surface area contributed by atoms with Crippen LogP contribution < -0.4 is 4.90 Å². The lowest BCUT2D eigenvalue weighted by Crippen LogP contribution is -2.10. The Labute approximate surface area is 315 Å². The molecule has 0 N–H and O–H groups in total. The summed E-state index contributed by atoms with van der Waals surface area (Å²) in [5.74, 6) is 0. The smallest absolute Gasteiger partial charge is 0.0640 e. The van der Waals surface area contributed by atoms with Gasteiger partial charge in [-0.15, -0.1) is 22.7 Å². The Morgan fingerprint density at radius 1 is 0.321 bits per heavy atom. The number of benzene rings is 9. The second kappa shape index (κ2) is 12.2. The zero-order valence-corrected chi connectivity index (χ0v) is 30.3. The zero-order valence-electron chi connectivity index (χ0n) is 28.7. The molecule has 0 amide bonds. The van der Waals surface area contributed by atoms with Crippen LogP contribution in [-0.4, -0.2) is 0 Å². The van der Waals surface area contributed by atoms with Crippen LogP contribution in [0.5, 0.6) is 0 Å². The number of thiophene rings is 2. The van der Waals surface area contributed by atoms with E-state index < -0.39 is 0 Å². The second-order valence-corrected chi connectivity index (χ2v) is 15.8. The summed E-state index contributed by atoms with van der Waals surface area (Å²) in [4.78, 5) is 2.48. The van der Waals surface area contributed by atoms with Crippen LogP contribution in [0.25, 0.3) is 84.1 Å². The van der Waals surface area contributed by atoms with Gasteiger partial charge in [0.25, 0.3) is 0 Å². The average molecular weight is 710 g/mol. The van der Waals surface area contributed by atoms with E-state index in [0.717, 1.165) is 5.69 Å². The Balaban J connectivity index is 1.09. The largest absolute Gasteiger partial charge is 0.308 e. The molecule has 0 spiro atoms. The third kappa shape index (κ3) is 4.97. The van der Waals surface area contributed by atoms with Crippen molar-refractivity contribution in [2.75, 3.05) is 4.90 Å². The standard InChI is InChI=1S/C50H31NS2/c1-2-11-33(12-3-1)40-17-9-18-42-43-19-10-21-46(50(43)53-49(40)42)51(45-20-8-14-32-13-4-5-15-39(32)45)38-27-25-35-29-34(23-24-36(35)30-38)37-26-28-48-44(31-37)41-16-6-7-22-47(41)52-48/h1-31H. The highest BCUT2D eigenvalue weighted by Gasteiger charge is 2.21. The number of nitrogens with zero attached hydrogens (tertiary/aromatic N) is 1. The molecule has 2 aromatic heterocycles. The molecular formula is C50H31NS2. The minimum atomic E-state index is 1.14. The highest BCUT2D eigenvalue weighted by Crippen LogP contribution is 2.48. The van der Waals surface area contributed by atoms with Crippen LogP contribution in [-0.2, 0) is 0 Å². The molecule has 53 heavy (non-hydrogen) atoms. The maximum atomic E-state index is 2.48. The quantitative estimate of drug-likeness (QED) is 0.172. The third-order valence-corrected chi connectivity index (χ3v) is 13.1. The zero-order chi connectivity index (χ0) is 34.9. The third-order valence-electron chi connectivity index (χ3n) is 10.6. The summed E-state index contributed by atoms with van der Waals surface area (Å²) in [5.41, 5.74) is 8.50. The summed E-state index contributed by atoms with van der Waals surface area (Å²) >= 11 is 3.76. The van der Waals surface area contributed by atoms with Gasteiger partial charge in [-0.2, -0.15) is 0 Å². The van der Waals surface area contributed by atoms with Gasteiger partial charge in [0.1, 0.15) is 0 Å². The molecule has 0 bridgehead atoms. The monoisotopic (exact) mass is 709 g/mol. The number of hydrogen-bond acceptors (Lipinski definition) is 3. The molecule has 0 aliphatic rings.